The minimum absolute atomic E-state index is 0.633. The van der Waals surface area contributed by atoms with E-state index in [9.17, 15) is 0 Å². The first-order valence-electron chi connectivity index (χ1n) is 8.86. The maximum atomic E-state index is 2.46. The van der Waals surface area contributed by atoms with E-state index >= 15 is 0 Å². The standard InChI is InChI=1S/C22H30/c1-6-18-19(7-2)21(9-4)22(20(18)8-3)15-16(5)17-13-11-10-12-14-17/h10-15,20H,6-9H2,1-5H3/b16-15+. The predicted octanol–water partition coefficient (Wildman–Crippen LogP) is 6.95. The molecule has 0 saturated carbocycles. The molecule has 0 radical (unpaired) electrons. The van der Waals surface area contributed by atoms with Gasteiger partial charge in [0.05, 0.1) is 0 Å². The van der Waals surface area contributed by atoms with E-state index < -0.39 is 0 Å². The van der Waals surface area contributed by atoms with Gasteiger partial charge in [0.15, 0.2) is 0 Å². The van der Waals surface area contributed by atoms with Crippen LogP contribution in [0.1, 0.15) is 65.9 Å². The average molecular weight is 294 g/mol. The van der Waals surface area contributed by atoms with Crippen molar-refractivity contribution in [1.82, 2.24) is 0 Å². The number of allylic oxidation sites excluding steroid dienone is 6. The molecule has 0 heterocycles. The molecule has 0 fully saturated rings. The van der Waals surface area contributed by atoms with Crippen molar-refractivity contribution < 1.29 is 0 Å². The van der Waals surface area contributed by atoms with Crippen molar-refractivity contribution in [3.05, 3.63) is 64.3 Å². The second kappa shape index (κ2) is 7.63. The van der Waals surface area contributed by atoms with Gasteiger partial charge in [-0.25, -0.2) is 0 Å². The summed E-state index contributed by atoms with van der Waals surface area (Å²) in [5.41, 5.74) is 9.25. The zero-order valence-corrected chi connectivity index (χ0v) is 14.9. The fraction of sp³-hybridized carbons (Fsp3) is 0.455. The van der Waals surface area contributed by atoms with Crippen LogP contribution in [0.3, 0.4) is 0 Å². The Morgan fingerprint density at radius 2 is 1.55 bits per heavy atom. The van der Waals surface area contributed by atoms with E-state index in [0.717, 1.165) is 6.42 Å². The fourth-order valence-corrected chi connectivity index (χ4v) is 3.97. The van der Waals surface area contributed by atoms with Gasteiger partial charge in [-0.1, -0.05) is 69.7 Å². The Bertz CT molecular complexity index is 596. The van der Waals surface area contributed by atoms with Gasteiger partial charge in [0.1, 0.15) is 0 Å². The van der Waals surface area contributed by atoms with Crippen molar-refractivity contribution in [2.45, 2.75) is 60.3 Å². The highest BCUT2D eigenvalue weighted by molar-refractivity contribution is 5.69. The smallest absolute Gasteiger partial charge is 0.00542 e. The van der Waals surface area contributed by atoms with E-state index in [4.69, 9.17) is 0 Å². The molecule has 1 aliphatic carbocycles. The topological polar surface area (TPSA) is 0 Å². The highest BCUT2D eigenvalue weighted by Gasteiger charge is 2.28. The molecule has 1 aromatic rings. The van der Waals surface area contributed by atoms with Crippen LogP contribution in [-0.4, -0.2) is 0 Å². The molecule has 1 unspecified atom stereocenters. The zero-order valence-electron chi connectivity index (χ0n) is 14.9. The van der Waals surface area contributed by atoms with Gasteiger partial charge < -0.3 is 0 Å². The second-order valence-electron chi connectivity index (χ2n) is 6.15. The summed E-state index contributed by atoms with van der Waals surface area (Å²) in [7, 11) is 0. The maximum Gasteiger partial charge on any atom is 0.00542 e. The fourth-order valence-electron chi connectivity index (χ4n) is 3.97. The predicted molar refractivity (Wildman–Crippen MR) is 98.8 cm³/mol. The molecular weight excluding hydrogens is 264 g/mol. The third-order valence-electron chi connectivity index (χ3n) is 4.99. The Labute approximate surface area is 136 Å². The van der Waals surface area contributed by atoms with Crippen LogP contribution in [0, 0.1) is 5.92 Å². The highest BCUT2D eigenvalue weighted by atomic mass is 14.3. The summed E-state index contributed by atoms with van der Waals surface area (Å²) in [5, 5.41) is 0. The van der Waals surface area contributed by atoms with Gasteiger partial charge in [-0.15, -0.1) is 0 Å². The maximum absolute atomic E-state index is 2.46. The Kier molecular flexibility index (Phi) is 5.83. The molecule has 2 rings (SSSR count). The third kappa shape index (κ3) is 3.11. The van der Waals surface area contributed by atoms with E-state index in [0.29, 0.717) is 5.92 Å². The Morgan fingerprint density at radius 3 is 2.05 bits per heavy atom. The number of hydrogen-bond donors (Lipinski definition) is 0. The molecule has 0 aromatic heterocycles. The SMILES string of the molecule is CCC1=C(/C=C(\C)c2ccccc2)C(CC)C(CC)=C1CC. The summed E-state index contributed by atoms with van der Waals surface area (Å²) < 4.78 is 0. The van der Waals surface area contributed by atoms with Gasteiger partial charge in [0.25, 0.3) is 0 Å². The minimum atomic E-state index is 0.633. The first-order valence-corrected chi connectivity index (χ1v) is 8.86. The first kappa shape index (κ1) is 16.8. The monoisotopic (exact) mass is 294 g/mol. The van der Waals surface area contributed by atoms with Crippen LogP contribution in [-0.2, 0) is 0 Å². The highest BCUT2D eigenvalue weighted by Crippen LogP contribution is 2.44. The first-order chi connectivity index (χ1) is 10.7. The Balaban J connectivity index is 2.48. The lowest BCUT2D eigenvalue weighted by Crippen LogP contribution is -2.02. The van der Waals surface area contributed by atoms with Crippen LogP contribution < -0.4 is 0 Å². The largest absolute Gasteiger partial charge is 0.0645 e. The molecule has 0 spiro atoms. The van der Waals surface area contributed by atoms with E-state index in [1.54, 1.807) is 22.3 Å². The Morgan fingerprint density at radius 1 is 0.909 bits per heavy atom. The van der Waals surface area contributed by atoms with Crippen molar-refractivity contribution in [1.29, 1.82) is 0 Å². The summed E-state index contributed by atoms with van der Waals surface area (Å²) in [6, 6.07) is 10.8. The van der Waals surface area contributed by atoms with Gasteiger partial charge in [-0.3, -0.25) is 0 Å². The molecule has 1 atom stereocenters. The van der Waals surface area contributed by atoms with E-state index in [-0.39, 0.29) is 0 Å². The molecule has 0 heteroatoms. The quantitative estimate of drug-likeness (QED) is 0.532. The number of benzene rings is 1. The van der Waals surface area contributed by atoms with E-state index in [1.807, 2.05) is 0 Å². The molecule has 0 aliphatic heterocycles. The van der Waals surface area contributed by atoms with Crippen LogP contribution in [0.5, 0.6) is 0 Å². The zero-order chi connectivity index (χ0) is 16.1. The molecule has 0 amide bonds. The minimum Gasteiger partial charge on any atom is -0.0645 e. The van der Waals surface area contributed by atoms with Crippen molar-refractivity contribution in [3.63, 3.8) is 0 Å². The van der Waals surface area contributed by atoms with Crippen LogP contribution in [0.25, 0.3) is 5.57 Å². The molecule has 118 valence electrons. The van der Waals surface area contributed by atoms with E-state index in [1.165, 1.54) is 30.4 Å². The van der Waals surface area contributed by atoms with Crippen molar-refractivity contribution in [2.75, 3.05) is 0 Å². The van der Waals surface area contributed by atoms with Crippen LogP contribution >= 0.6 is 0 Å². The number of hydrogen-bond acceptors (Lipinski definition) is 0. The lowest BCUT2D eigenvalue weighted by atomic mass is 9.88. The molecule has 1 aromatic carbocycles. The normalized spacial score (nSPS) is 19.3. The van der Waals surface area contributed by atoms with Gasteiger partial charge in [0.2, 0.25) is 0 Å². The van der Waals surface area contributed by atoms with Crippen molar-refractivity contribution >= 4 is 5.57 Å². The number of rotatable bonds is 6. The van der Waals surface area contributed by atoms with Crippen LogP contribution in [0.4, 0.5) is 0 Å². The van der Waals surface area contributed by atoms with Gasteiger partial charge in [0, 0.05) is 5.92 Å². The lowest BCUT2D eigenvalue weighted by molar-refractivity contribution is 0.681. The molecule has 0 N–H and O–H groups in total. The van der Waals surface area contributed by atoms with Gasteiger partial charge >= 0.3 is 0 Å². The molecular formula is C22H30. The second-order valence-corrected chi connectivity index (χ2v) is 6.15. The molecule has 0 saturated heterocycles. The van der Waals surface area contributed by atoms with Crippen LogP contribution in [0.15, 0.2) is 58.7 Å². The summed E-state index contributed by atoms with van der Waals surface area (Å²) in [6.45, 7) is 11.5. The summed E-state index contributed by atoms with van der Waals surface area (Å²) >= 11 is 0. The van der Waals surface area contributed by atoms with Crippen molar-refractivity contribution in [3.8, 4) is 0 Å². The molecule has 1 aliphatic rings. The Hall–Kier alpha value is -1.56. The molecule has 22 heavy (non-hydrogen) atoms. The lowest BCUT2D eigenvalue weighted by Gasteiger charge is -2.16. The van der Waals surface area contributed by atoms with E-state index in [2.05, 4.69) is 71.0 Å². The summed E-state index contributed by atoms with van der Waals surface area (Å²) in [6.07, 6.45) is 7.18. The van der Waals surface area contributed by atoms with Crippen molar-refractivity contribution in [2.24, 2.45) is 5.92 Å². The average Bonchev–Trinajstić information content (AvgIpc) is 2.86. The summed E-state index contributed by atoms with van der Waals surface area (Å²) in [4.78, 5) is 0. The molecule has 0 nitrogen and oxygen atoms in total. The van der Waals surface area contributed by atoms with Crippen LogP contribution in [0.2, 0.25) is 0 Å². The van der Waals surface area contributed by atoms with Gasteiger partial charge in [-0.05, 0) is 60.5 Å². The third-order valence-corrected chi connectivity index (χ3v) is 4.99. The summed E-state index contributed by atoms with van der Waals surface area (Å²) in [5.74, 6) is 0.633. The molecule has 0 bridgehead atoms. The van der Waals surface area contributed by atoms with Gasteiger partial charge in [-0.2, -0.15) is 0 Å².